The number of aromatic amines is 1. The zero-order chi connectivity index (χ0) is 11.5. The van der Waals surface area contributed by atoms with Gasteiger partial charge >= 0.3 is 0 Å². The van der Waals surface area contributed by atoms with Crippen LogP contribution in [0.15, 0.2) is 30.9 Å². The molecule has 0 aliphatic rings. The number of nitrogens with one attached hydrogen (secondary N) is 1. The summed E-state index contributed by atoms with van der Waals surface area (Å²) in [6.45, 7) is 6.60. The van der Waals surface area contributed by atoms with E-state index in [1.54, 1.807) is 0 Å². The summed E-state index contributed by atoms with van der Waals surface area (Å²) in [5.41, 5.74) is 5.54. The standard InChI is InChI=1S/C14H18N2.ClH/c1-4-12-8-11(3)9-13(5-2)14(12)16-7-6-15-10-16;/h6-10H,4-5H2,1-3H3;1H. The number of aromatic nitrogens is 2. The van der Waals surface area contributed by atoms with Crippen LogP contribution in [0.2, 0.25) is 0 Å². The Morgan fingerprint density at radius 1 is 1.12 bits per heavy atom. The van der Waals surface area contributed by atoms with Crippen molar-refractivity contribution in [1.29, 1.82) is 0 Å². The molecule has 0 radical (unpaired) electrons. The molecule has 0 amide bonds. The summed E-state index contributed by atoms with van der Waals surface area (Å²) < 4.78 is 2.18. The molecular weight excluding hydrogens is 232 g/mol. The zero-order valence-electron chi connectivity index (χ0n) is 10.6. The van der Waals surface area contributed by atoms with Crippen LogP contribution in [-0.4, -0.2) is 4.98 Å². The number of halogens is 1. The van der Waals surface area contributed by atoms with Crippen molar-refractivity contribution < 1.29 is 17.0 Å². The first-order chi connectivity index (χ1) is 7.76. The Balaban J connectivity index is 0.00000144. The molecule has 3 heteroatoms. The predicted octanol–water partition coefficient (Wildman–Crippen LogP) is -0.271. The molecule has 0 fully saturated rings. The van der Waals surface area contributed by atoms with Crippen LogP contribution in [0.1, 0.15) is 30.5 Å². The van der Waals surface area contributed by atoms with Gasteiger partial charge in [-0.15, -0.1) is 0 Å². The van der Waals surface area contributed by atoms with Crippen LogP contribution in [0.5, 0.6) is 0 Å². The average Bonchev–Trinajstić information content (AvgIpc) is 2.80. The van der Waals surface area contributed by atoms with Crippen LogP contribution in [0.3, 0.4) is 0 Å². The zero-order valence-corrected chi connectivity index (χ0v) is 11.4. The molecule has 17 heavy (non-hydrogen) atoms. The van der Waals surface area contributed by atoms with Crippen molar-refractivity contribution in [2.45, 2.75) is 33.6 Å². The minimum atomic E-state index is 0. The molecule has 92 valence electrons. The largest absolute Gasteiger partial charge is 1.00 e. The van der Waals surface area contributed by atoms with Crippen LogP contribution in [-0.2, 0) is 12.8 Å². The molecule has 0 aliphatic carbocycles. The van der Waals surface area contributed by atoms with Gasteiger partial charge in [-0.25, -0.2) is 9.55 Å². The maximum atomic E-state index is 3.11. The van der Waals surface area contributed by atoms with Gasteiger partial charge in [-0.05, 0) is 30.9 Å². The normalized spacial score (nSPS) is 10.1. The molecule has 2 rings (SSSR count). The van der Waals surface area contributed by atoms with Crippen molar-refractivity contribution >= 4 is 0 Å². The van der Waals surface area contributed by atoms with E-state index in [-0.39, 0.29) is 12.4 Å². The third kappa shape index (κ3) is 2.70. The summed E-state index contributed by atoms with van der Waals surface area (Å²) in [6, 6.07) is 4.57. The molecule has 0 saturated carbocycles. The van der Waals surface area contributed by atoms with E-state index in [4.69, 9.17) is 0 Å². The lowest BCUT2D eigenvalue weighted by Crippen LogP contribution is -3.00. The van der Waals surface area contributed by atoms with E-state index >= 15 is 0 Å². The SMILES string of the molecule is CCc1cc(C)cc(CC)c1-[n+]1cc[nH]c1.[Cl-]. The third-order valence-electron chi connectivity index (χ3n) is 2.98. The average molecular weight is 251 g/mol. The summed E-state index contributed by atoms with van der Waals surface area (Å²) in [7, 11) is 0. The van der Waals surface area contributed by atoms with E-state index in [0.29, 0.717) is 0 Å². The lowest BCUT2D eigenvalue weighted by atomic mass is 9.99. The number of rotatable bonds is 3. The summed E-state index contributed by atoms with van der Waals surface area (Å²) >= 11 is 0. The highest BCUT2D eigenvalue weighted by Gasteiger charge is 2.13. The van der Waals surface area contributed by atoms with Gasteiger partial charge < -0.3 is 12.4 Å². The fourth-order valence-electron chi connectivity index (χ4n) is 2.23. The van der Waals surface area contributed by atoms with E-state index in [0.717, 1.165) is 12.8 Å². The molecule has 1 aromatic heterocycles. The molecule has 0 unspecified atom stereocenters. The van der Waals surface area contributed by atoms with Crippen molar-refractivity contribution in [1.82, 2.24) is 4.98 Å². The molecule has 1 N–H and O–H groups in total. The molecule has 0 atom stereocenters. The van der Waals surface area contributed by atoms with Crippen molar-refractivity contribution in [2.24, 2.45) is 0 Å². The molecule has 0 aliphatic heterocycles. The number of hydrogen-bond donors (Lipinski definition) is 1. The van der Waals surface area contributed by atoms with Crippen molar-refractivity contribution in [3.8, 4) is 5.69 Å². The molecule has 0 spiro atoms. The van der Waals surface area contributed by atoms with Gasteiger partial charge in [0.15, 0.2) is 0 Å². The molecule has 1 aromatic carbocycles. The van der Waals surface area contributed by atoms with Crippen molar-refractivity contribution in [2.75, 3.05) is 0 Å². The lowest BCUT2D eigenvalue weighted by molar-refractivity contribution is -0.595. The van der Waals surface area contributed by atoms with Gasteiger partial charge in [-0.2, -0.15) is 0 Å². The quantitative estimate of drug-likeness (QED) is 0.724. The monoisotopic (exact) mass is 250 g/mol. The Morgan fingerprint density at radius 3 is 2.12 bits per heavy atom. The first kappa shape index (κ1) is 13.8. The van der Waals surface area contributed by atoms with Crippen LogP contribution in [0, 0.1) is 6.92 Å². The predicted molar refractivity (Wildman–Crippen MR) is 65.8 cm³/mol. The topological polar surface area (TPSA) is 19.7 Å². The summed E-state index contributed by atoms with van der Waals surface area (Å²) in [6.07, 6.45) is 8.18. The number of aryl methyl sites for hydroxylation is 3. The second-order valence-electron chi connectivity index (χ2n) is 4.16. The highest BCUT2D eigenvalue weighted by Crippen LogP contribution is 2.19. The van der Waals surface area contributed by atoms with Gasteiger partial charge in [-0.1, -0.05) is 31.5 Å². The smallest absolute Gasteiger partial charge is 0.246 e. The fourth-order valence-corrected chi connectivity index (χ4v) is 2.23. The minimum Gasteiger partial charge on any atom is -1.00 e. The van der Waals surface area contributed by atoms with Crippen LogP contribution >= 0.6 is 0 Å². The number of nitrogens with zero attached hydrogens (tertiary/aromatic N) is 1. The van der Waals surface area contributed by atoms with E-state index in [1.165, 1.54) is 22.4 Å². The maximum absolute atomic E-state index is 3.11. The molecule has 0 saturated heterocycles. The molecule has 2 aromatic rings. The highest BCUT2D eigenvalue weighted by molar-refractivity contribution is 5.44. The first-order valence-electron chi connectivity index (χ1n) is 5.93. The Kier molecular flexibility index (Phi) is 4.76. The molecule has 1 heterocycles. The van der Waals surface area contributed by atoms with Gasteiger partial charge in [0.05, 0.1) is 0 Å². The fraction of sp³-hybridized carbons (Fsp3) is 0.357. The van der Waals surface area contributed by atoms with E-state index in [1.807, 2.05) is 12.5 Å². The Morgan fingerprint density at radius 2 is 1.71 bits per heavy atom. The van der Waals surface area contributed by atoms with Crippen LogP contribution in [0.25, 0.3) is 5.69 Å². The Labute approximate surface area is 109 Å². The Bertz CT molecular complexity index is 450. The van der Waals surface area contributed by atoms with Crippen molar-refractivity contribution in [3.63, 3.8) is 0 Å². The molecule has 2 nitrogen and oxygen atoms in total. The van der Waals surface area contributed by atoms with Crippen molar-refractivity contribution in [3.05, 3.63) is 47.5 Å². The van der Waals surface area contributed by atoms with Crippen LogP contribution < -0.4 is 17.0 Å². The van der Waals surface area contributed by atoms with E-state index in [9.17, 15) is 0 Å². The molecule has 0 bridgehead atoms. The highest BCUT2D eigenvalue weighted by atomic mass is 35.5. The summed E-state index contributed by atoms with van der Waals surface area (Å²) in [5.74, 6) is 0. The second-order valence-corrected chi connectivity index (χ2v) is 4.16. The van der Waals surface area contributed by atoms with Crippen LogP contribution in [0.4, 0.5) is 0 Å². The maximum Gasteiger partial charge on any atom is 0.246 e. The van der Waals surface area contributed by atoms with Gasteiger partial charge in [0, 0.05) is 0 Å². The third-order valence-corrected chi connectivity index (χ3v) is 2.98. The van der Waals surface area contributed by atoms with Gasteiger partial charge in [0.25, 0.3) is 0 Å². The van der Waals surface area contributed by atoms with Gasteiger partial charge in [0.2, 0.25) is 6.33 Å². The van der Waals surface area contributed by atoms with E-state index < -0.39 is 0 Å². The number of imidazole rings is 1. The summed E-state index contributed by atoms with van der Waals surface area (Å²) in [5, 5.41) is 0. The second kappa shape index (κ2) is 5.87. The van der Waals surface area contributed by atoms with Gasteiger partial charge in [-0.3, -0.25) is 0 Å². The van der Waals surface area contributed by atoms with E-state index in [2.05, 4.69) is 48.7 Å². The first-order valence-corrected chi connectivity index (χ1v) is 5.93. The van der Waals surface area contributed by atoms with Gasteiger partial charge in [0.1, 0.15) is 18.1 Å². The number of benzene rings is 1. The minimum absolute atomic E-state index is 0. The number of H-pyrrole nitrogens is 1. The Hall–Kier alpha value is -1.28. The lowest BCUT2D eigenvalue weighted by Gasteiger charge is -2.10. The molecular formula is C14H19ClN2. The number of hydrogen-bond acceptors (Lipinski definition) is 0. The summed E-state index contributed by atoms with van der Waals surface area (Å²) in [4.78, 5) is 3.11.